The van der Waals surface area contributed by atoms with Gasteiger partial charge in [0.15, 0.2) is 0 Å². The average Bonchev–Trinajstić information content (AvgIpc) is 3.59. The molecule has 1 heterocycles. The minimum atomic E-state index is -0.394. The predicted molar refractivity (Wildman–Crippen MR) is 198 cm³/mol. The molecule has 220 valence electrons. The molecular formula is C45H30N2. The van der Waals surface area contributed by atoms with Crippen LogP contribution in [0.1, 0.15) is 6.85 Å². The summed E-state index contributed by atoms with van der Waals surface area (Å²) in [5.74, 6) is 0.885. The van der Waals surface area contributed by atoms with Crippen molar-refractivity contribution in [1.29, 1.82) is 0 Å². The van der Waals surface area contributed by atoms with Gasteiger partial charge < -0.3 is 0 Å². The first-order valence-electron chi connectivity index (χ1n) is 18.2. The van der Waals surface area contributed by atoms with E-state index in [1.165, 1.54) is 0 Å². The third-order valence-corrected chi connectivity index (χ3v) is 8.88. The van der Waals surface area contributed by atoms with E-state index in [0.717, 1.165) is 71.9 Å². The largest absolute Gasteiger partial charge is 0.292 e. The molecule has 0 aliphatic heterocycles. The second-order valence-corrected chi connectivity index (χ2v) is 11.6. The van der Waals surface area contributed by atoms with Crippen molar-refractivity contribution in [1.82, 2.24) is 9.55 Å². The molecule has 0 saturated carbocycles. The summed E-state index contributed by atoms with van der Waals surface area (Å²) in [6.45, 7) is 0. The Bertz CT molecular complexity index is 2760. The molecule has 2 heteroatoms. The minimum Gasteiger partial charge on any atom is -0.292 e. The molecule has 1 aromatic heterocycles. The van der Waals surface area contributed by atoms with E-state index in [2.05, 4.69) is 108 Å². The fraction of sp³-hybridized carbons (Fsp3) is 0. The standard InChI is InChI=1S/C45H30N2/c1-3-14-31(15-4-1)32-26-28-33(29-27-32)43-37-20-7-9-22-39(37)44(40-23-10-8-21-38(40)43)35-18-13-19-36(30-35)47-42-25-12-11-24-41(42)46-45(47)34-16-5-2-6-17-34/h1-30H/i1D,3D,4D,14D,15D. The van der Waals surface area contributed by atoms with Crippen LogP contribution in [0.25, 0.3) is 83.0 Å². The Morgan fingerprint density at radius 1 is 0.426 bits per heavy atom. The van der Waals surface area contributed by atoms with Crippen LogP contribution >= 0.6 is 0 Å². The lowest BCUT2D eigenvalue weighted by Crippen LogP contribution is -1.98. The number of imidazole rings is 1. The first-order chi connectivity index (χ1) is 25.4. The second kappa shape index (κ2) is 11.3. The summed E-state index contributed by atoms with van der Waals surface area (Å²) < 4.78 is 43.5. The molecule has 0 atom stereocenters. The van der Waals surface area contributed by atoms with E-state index >= 15 is 0 Å². The second-order valence-electron chi connectivity index (χ2n) is 11.6. The van der Waals surface area contributed by atoms with Crippen molar-refractivity contribution in [3.05, 3.63) is 182 Å². The molecule has 0 bridgehead atoms. The maximum Gasteiger partial charge on any atom is 0.145 e. The highest BCUT2D eigenvalue weighted by molar-refractivity contribution is 6.21. The lowest BCUT2D eigenvalue weighted by molar-refractivity contribution is 1.10. The molecule has 0 spiro atoms. The van der Waals surface area contributed by atoms with Gasteiger partial charge in [-0.2, -0.15) is 0 Å². The Hall–Kier alpha value is -6.25. The zero-order valence-corrected chi connectivity index (χ0v) is 25.3. The number of rotatable bonds is 5. The first kappa shape index (κ1) is 22.3. The smallest absolute Gasteiger partial charge is 0.145 e. The monoisotopic (exact) mass is 603 g/mol. The molecular weight excluding hydrogens is 569 g/mol. The zero-order valence-electron chi connectivity index (χ0n) is 30.3. The third kappa shape index (κ3) is 4.62. The van der Waals surface area contributed by atoms with Gasteiger partial charge in [-0.25, -0.2) is 4.98 Å². The quantitative estimate of drug-likeness (QED) is 0.179. The summed E-state index contributed by atoms with van der Waals surface area (Å²) in [7, 11) is 0. The zero-order chi connectivity index (χ0) is 35.5. The summed E-state index contributed by atoms with van der Waals surface area (Å²) in [5, 5.41) is 4.41. The Morgan fingerprint density at radius 3 is 1.66 bits per heavy atom. The Labute approximate surface area is 280 Å². The highest BCUT2D eigenvalue weighted by Gasteiger charge is 2.19. The molecule has 0 radical (unpaired) electrons. The molecule has 0 fully saturated rings. The number of nitrogens with zero attached hydrogens (tertiary/aromatic N) is 2. The number of hydrogen-bond acceptors (Lipinski definition) is 1. The average molecular weight is 604 g/mol. The maximum atomic E-state index is 8.49. The summed E-state index contributed by atoms with van der Waals surface area (Å²) >= 11 is 0. The van der Waals surface area contributed by atoms with E-state index < -0.39 is 6.04 Å². The van der Waals surface area contributed by atoms with Crippen LogP contribution < -0.4 is 0 Å². The van der Waals surface area contributed by atoms with Gasteiger partial charge in [0, 0.05) is 11.3 Å². The van der Waals surface area contributed by atoms with Crippen LogP contribution in [0.3, 0.4) is 0 Å². The molecule has 47 heavy (non-hydrogen) atoms. The van der Waals surface area contributed by atoms with Crippen molar-refractivity contribution in [2.24, 2.45) is 0 Å². The van der Waals surface area contributed by atoms with Gasteiger partial charge in [-0.3, -0.25) is 4.57 Å². The van der Waals surface area contributed by atoms with Gasteiger partial charge in [0.1, 0.15) is 5.82 Å². The van der Waals surface area contributed by atoms with Gasteiger partial charge >= 0.3 is 0 Å². The summed E-state index contributed by atoms with van der Waals surface area (Å²) in [5.41, 5.74) is 9.08. The van der Waals surface area contributed by atoms with Crippen molar-refractivity contribution in [2.75, 3.05) is 0 Å². The van der Waals surface area contributed by atoms with Crippen molar-refractivity contribution in [3.8, 4) is 50.5 Å². The van der Waals surface area contributed by atoms with Crippen LogP contribution in [0, 0.1) is 0 Å². The molecule has 0 N–H and O–H groups in total. The normalized spacial score (nSPS) is 12.9. The third-order valence-electron chi connectivity index (χ3n) is 8.88. The van der Waals surface area contributed by atoms with E-state index in [1.807, 2.05) is 48.5 Å². The van der Waals surface area contributed by atoms with E-state index in [9.17, 15) is 0 Å². The Balaban J connectivity index is 1.24. The van der Waals surface area contributed by atoms with E-state index in [1.54, 1.807) is 0 Å². The molecule has 2 nitrogen and oxygen atoms in total. The topological polar surface area (TPSA) is 17.8 Å². The number of para-hydroxylation sites is 2. The van der Waals surface area contributed by atoms with Gasteiger partial charge in [0.25, 0.3) is 0 Å². The van der Waals surface area contributed by atoms with E-state index in [0.29, 0.717) is 5.56 Å². The summed E-state index contributed by atoms with van der Waals surface area (Å²) in [4.78, 5) is 5.07. The highest BCUT2D eigenvalue weighted by atomic mass is 15.1. The van der Waals surface area contributed by atoms with Crippen LogP contribution in [0.5, 0.6) is 0 Å². The van der Waals surface area contributed by atoms with Crippen LogP contribution in [0.4, 0.5) is 0 Å². The SMILES string of the molecule is [2H]c1c([2H])c([2H])c(-c2ccc(-c3c4ccccc4c(-c4cccc(-n5c(-c6ccccc6)nc6ccccc65)c4)c4ccccc34)cc2)c([2H])c1[2H]. The molecule has 0 aliphatic carbocycles. The Kier molecular flexibility index (Phi) is 5.35. The first-order valence-corrected chi connectivity index (χ1v) is 15.7. The van der Waals surface area contributed by atoms with E-state index in [4.69, 9.17) is 11.8 Å². The minimum absolute atomic E-state index is 0.198. The molecule has 0 unspecified atom stereocenters. The molecule has 9 rings (SSSR count). The highest BCUT2D eigenvalue weighted by Crippen LogP contribution is 2.44. The Morgan fingerprint density at radius 2 is 0.979 bits per heavy atom. The van der Waals surface area contributed by atoms with E-state index in [-0.39, 0.29) is 29.7 Å². The lowest BCUT2D eigenvalue weighted by Gasteiger charge is -2.19. The van der Waals surface area contributed by atoms with Gasteiger partial charge in [-0.05, 0) is 79.2 Å². The van der Waals surface area contributed by atoms with Crippen LogP contribution in [-0.4, -0.2) is 9.55 Å². The summed E-state index contributed by atoms with van der Waals surface area (Å²) in [6.07, 6.45) is 0. The van der Waals surface area contributed by atoms with Gasteiger partial charge in [-0.1, -0.05) is 158 Å². The molecule has 0 saturated heterocycles. The van der Waals surface area contributed by atoms with Gasteiger partial charge in [0.05, 0.1) is 17.9 Å². The number of benzene rings is 8. The summed E-state index contributed by atoms with van der Waals surface area (Å²) in [6, 6.07) is 50.3. The molecule has 0 aliphatic rings. The molecule has 8 aromatic carbocycles. The van der Waals surface area contributed by atoms with Crippen LogP contribution in [0.15, 0.2) is 182 Å². The number of fused-ring (bicyclic) bond motifs is 3. The number of hydrogen-bond donors (Lipinski definition) is 0. The molecule has 9 aromatic rings. The molecule has 0 amide bonds. The predicted octanol–water partition coefficient (Wildman–Crippen LogP) is 12.0. The fourth-order valence-corrected chi connectivity index (χ4v) is 6.82. The fourth-order valence-electron chi connectivity index (χ4n) is 6.82. The van der Waals surface area contributed by atoms with Crippen LogP contribution in [-0.2, 0) is 0 Å². The van der Waals surface area contributed by atoms with Crippen molar-refractivity contribution < 1.29 is 6.85 Å². The maximum absolute atomic E-state index is 8.49. The lowest BCUT2D eigenvalue weighted by atomic mass is 9.85. The van der Waals surface area contributed by atoms with Crippen molar-refractivity contribution in [3.63, 3.8) is 0 Å². The van der Waals surface area contributed by atoms with Gasteiger partial charge in [-0.15, -0.1) is 0 Å². The van der Waals surface area contributed by atoms with Crippen molar-refractivity contribution >= 4 is 32.6 Å². The van der Waals surface area contributed by atoms with Crippen molar-refractivity contribution in [2.45, 2.75) is 0 Å². The number of aromatic nitrogens is 2. The van der Waals surface area contributed by atoms with Gasteiger partial charge in [0.2, 0.25) is 0 Å². The van der Waals surface area contributed by atoms with Crippen LogP contribution in [0.2, 0.25) is 0 Å².